The normalized spacial score (nSPS) is 28.4. The predicted octanol–water partition coefficient (Wildman–Crippen LogP) is 3.96. The summed E-state index contributed by atoms with van der Waals surface area (Å²) in [6.07, 6.45) is 6.80. The van der Waals surface area contributed by atoms with Crippen LogP contribution in [0.1, 0.15) is 56.9 Å². The summed E-state index contributed by atoms with van der Waals surface area (Å²) < 4.78 is 30.0. The van der Waals surface area contributed by atoms with Gasteiger partial charge in [-0.15, -0.1) is 0 Å². The summed E-state index contributed by atoms with van der Waals surface area (Å²) in [5, 5.41) is 3.10. The van der Waals surface area contributed by atoms with Gasteiger partial charge in [0, 0.05) is 30.5 Å². The highest BCUT2D eigenvalue weighted by atomic mass is 19.1. The highest BCUT2D eigenvalue weighted by Crippen LogP contribution is 2.48. The van der Waals surface area contributed by atoms with Crippen molar-refractivity contribution in [3.05, 3.63) is 29.6 Å². The van der Waals surface area contributed by atoms with Gasteiger partial charge in [0.1, 0.15) is 11.9 Å². The third-order valence-electron chi connectivity index (χ3n) is 8.33. The minimum absolute atomic E-state index is 0.101. The van der Waals surface area contributed by atoms with Crippen LogP contribution in [-0.2, 0) is 19.6 Å². The molecule has 1 N–H and O–H groups in total. The molecule has 3 heterocycles. The van der Waals surface area contributed by atoms with Crippen molar-refractivity contribution in [1.82, 2.24) is 10.2 Å². The molecule has 1 spiro atoms. The average Bonchev–Trinajstić information content (AvgIpc) is 3.39. The Kier molecular flexibility index (Phi) is 7.16. The van der Waals surface area contributed by atoms with E-state index in [0.29, 0.717) is 25.8 Å². The largest absolute Gasteiger partial charge is 0.452 e. The lowest BCUT2D eigenvalue weighted by Gasteiger charge is -2.43. The van der Waals surface area contributed by atoms with Crippen molar-refractivity contribution in [2.45, 2.75) is 75.0 Å². The topological polar surface area (TPSA) is 80.3 Å². The van der Waals surface area contributed by atoms with Gasteiger partial charge in [-0.05, 0) is 69.0 Å². The van der Waals surface area contributed by atoms with Crippen molar-refractivity contribution < 1.29 is 28.2 Å². The molecule has 8 nitrogen and oxygen atoms in total. The molecule has 4 aliphatic rings. The third kappa shape index (κ3) is 5.11. The fourth-order valence-corrected chi connectivity index (χ4v) is 6.41. The van der Waals surface area contributed by atoms with E-state index in [1.54, 1.807) is 17.0 Å². The number of anilines is 1. The molecule has 2 amide bonds. The molecule has 1 aliphatic carbocycles. The van der Waals surface area contributed by atoms with Crippen LogP contribution in [0.25, 0.3) is 0 Å². The maximum atomic E-state index is 14.2. The minimum Gasteiger partial charge on any atom is -0.452 e. The first kappa shape index (κ1) is 24.3. The van der Waals surface area contributed by atoms with Gasteiger partial charge >= 0.3 is 12.2 Å². The number of likely N-dealkylation sites (tertiary alicyclic amines) is 1. The number of hydrogen-bond acceptors (Lipinski definition) is 6. The molecule has 192 valence electrons. The Morgan fingerprint density at radius 3 is 2.71 bits per heavy atom. The maximum absolute atomic E-state index is 14.2. The molecule has 2 unspecified atom stereocenters. The van der Waals surface area contributed by atoms with Gasteiger partial charge in [-0.3, -0.25) is 4.90 Å². The predicted molar refractivity (Wildman–Crippen MR) is 128 cm³/mol. The van der Waals surface area contributed by atoms with Crippen LogP contribution in [0, 0.1) is 5.82 Å². The van der Waals surface area contributed by atoms with Crippen LogP contribution in [-0.4, -0.2) is 75.2 Å². The molecule has 0 bridgehead atoms. The molecule has 3 aliphatic heterocycles. The molecule has 9 heteroatoms. The van der Waals surface area contributed by atoms with Gasteiger partial charge < -0.3 is 24.4 Å². The second-order valence-corrected chi connectivity index (χ2v) is 10.4. The van der Waals surface area contributed by atoms with E-state index < -0.39 is 6.09 Å². The van der Waals surface area contributed by atoms with Crippen LogP contribution in [0.5, 0.6) is 0 Å². The summed E-state index contributed by atoms with van der Waals surface area (Å²) >= 11 is 0. The number of nitrogens with zero attached hydrogens (tertiary/aromatic N) is 2. The van der Waals surface area contributed by atoms with Crippen molar-refractivity contribution in [1.29, 1.82) is 0 Å². The van der Waals surface area contributed by atoms with Gasteiger partial charge in [-0.1, -0.05) is 12.8 Å². The Bertz CT molecular complexity index is 930. The SMILES string of the molecule is COC(=O)N1CC2(CCN(C3CCCCC(NC(=O)O[C@H]4CCOC4)C3)CC2)c2cc(F)ccc21. The average molecular weight is 490 g/mol. The molecule has 3 atom stereocenters. The van der Waals surface area contributed by atoms with E-state index in [1.165, 1.54) is 13.2 Å². The maximum Gasteiger partial charge on any atom is 0.414 e. The number of benzene rings is 1. The number of ether oxygens (including phenoxy) is 3. The van der Waals surface area contributed by atoms with E-state index in [2.05, 4.69) is 10.2 Å². The summed E-state index contributed by atoms with van der Waals surface area (Å²) in [7, 11) is 1.38. The Hall–Kier alpha value is -2.39. The van der Waals surface area contributed by atoms with Crippen molar-refractivity contribution in [3.63, 3.8) is 0 Å². The molecule has 2 saturated heterocycles. The molecule has 35 heavy (non-hydrogen) atoms. The lowest BCUT2D eigenvalue weighted by Crippen LogP contribution is -2.50. The van der Waals surface area contributed by atoms with Gasteiger partial charge in [-0.2, -0.15) is 0 Å². The minimum atomic E-state index is -0.397. The van der Waals surface area contributed by atoms with Gasteiger partial charge in [0.25, 0.3) is 0 Å². The van der Waals surface area contributed by atoms with Crippen molar-refractivity contribution >= 4 is 17.9 Å². The zero-order valence-electron chi connectivity index (χ0n) is 20.5. The van der Waals surface area contributed by atoms with E-state index in [-0.39, 0.29) is 29.5 Å². The van der Waals surface area contributed by atoms with Crippen LogP contribution < -0.4 is 10.2 Å². The summed E-state index contributed by atoms with van der Waals surface area (Å²) in [6.45, 7) is 3.42. The number of amides is 2. The van der Waals surface area contributed by atoms with Gasteiger partial charge in [-0.25, -0.2) is 14.0 Å². The van der Waals surface area contributed by atoms with Gasteiger partial charge in [0.05, 0.1) is 26.0 Å². The number of methoxy groups -OCH3 is 1. The first-order chi connectivity index (χ1) is 17.0. The van der Waals surface area contributed by atoms with E-state index >= 15 is 0 Å². The van der Waals surface area contributed by atoms with E-state index in [4.69, 9.17) is 14.2 Å². The van der Waals surface area contributed by atoms with Gasteiger partial charge in [0.15, 0.2) is 0 Å². The van der Waals surface area contributed by atoms with Crippen molar-refractivity contribution in [3.8, 4) is 0 Å². The number of nitrogens with one attached hydrogen (secondary N) is 1. The van der Waals surface area contributed by atoms with E-state index in [0.717, 1.165) is 75.7 Å². The second kappa shape index (κ2) is 10.3. The number of piperidine rings is 1. The van der Waals surface area contributed by atoms with E-state index in [9.17, 15) is 14.0 Å². The Morgan fingerprint density at radius 1 is 1.17 bits per heavy atom. The van der Waals surface area contributed by atoms with Crippen molar-refractivity contribution in [2.75, 3.05) is 44.9 Å². The molecule has 1 aromatic rings. The summed E-state index contributed by atoms with van der Waals surface area (Å²) in [4.78, 5) is 29.0. The summed E-state index contributed by atoms with van der Waals surface area (Å²) in [5.74, 6) is -0.272. The molecule has 0 radical (unpaired) electrons. The Morgan fingerprint density at radius 2 is 1.97 bits per heavy atom. The number of carbonyl (C=O) groups excluding carboxylic acids is 2. The smallest absolute Gasteiger partial charge is 0.414 e. The number of fused-ring (bicyclic) bond motifs is 2. The number of halogens is 1. The number of rotatable bonds is 3. The Balaban J connectivity index is 1.22. The summed E-state index contributed by atoms with van der Waals surface area (Å²) in [5.41, 5.74) is 1.43. The van der Waals surface area contributed by atoms with Crippen LogP contribution in [0.2, 0.25) is 0 Å². The molecule has 0 aromatic heterocycles. The first-order valence-electron chi connectivity index (χ1n) is 12.9. The van der Waals surface area contributed by atoms with Crippen LogP contribution in [0.3, 0.4) is 0 Å². The lowest BCUT2D eigenvalue weighted by molar-refractivity contribution is 0.0767. The van der Waals surface area contributed by atoms with Crippen LogP contribution in [0.4, 0.5) is 19.7 Å². The zero-order valence-corrected chi connectivity index (χ0v) is 20.5. The Labute approximate surface area is 206 Å². The number of alkyl carbamates (subject to hydrolysis) is 1. The first-order valence-corrected chi connectivity index (χ1v) is 12.9. The van der Waals surface area contributed by atoms with Crippen LogP contribution in [0.15, 0.2) is 18.2 Å². The standard InChI is InChI=1S/C26H36FN3O5/c1-33-25(32)30-17-26(22-14-18(27)6-7-23(22)30)9-11-29(12-10-26)20-5-3-2-4-19(15-20)28-24(31)35-21-8-13-34-16-21/h6-7,14,19-21H,2-5,8-13,15-17H2,1H3,(H,28,31)/t19?,20?,21-/m0/s1. The van der Waals surface area contributed by atoms with E-state index in [1.807, 2.05) is 0 Å². The number of carbonyl (C=O) groups is 2. The van der Waals surface area contributed by atoms with Gasteiger partial charge in [0.2, 0.25) is 0 Å². The summed E-state index contributed by atoms with van der Waals surface area (Å²) in [6, 6.07) is 5.19. The molecule has 1 aromatic carbocycles. The third-order valence-corrected chi connectivity index (χ3v) is 8.33. The number of hydrogen-bond donors (Lipinski definition) is 1. The lowest BCUT2D eigenvalue weighted by atomic mass is 9.74. The quantitative estimate of drug-likeness (QED) is 0.648. The molecule has 3 fully saturated rings. The monoisotopic (exact) mass is 489 g/mol. The fraction of sp³-hybridized carbons (Fsp3) is 0.692. The highest BCUT2D eigenvalue weighted by molar-refractivity contribution is 5.91. The zero-order chi connectivity index (χ0) is 24.4. The molecular weight excluding hydrogens is 453 g/mol. The van der Waals surface area contributed by atoms with Crippen LogP contribution >= 0.6 is 0 Å². The van der Waals surface area contributed by atoms with Crippen molar-refractivity contribution in [2.24, 2.45) is 0 Å². The fourth-order valence-electron chi connectivity index (χ4n) is 6.41. The highest BCUT2D eigenvalue weighted by Gasteiger charge is 2.47. The molecule has 5 rings (SSSR count). The second-order valence-electron chi connectivity index (χ2n) is 10.4. The molecule has 1 saturated carbocycles. The molecular formula is C26H36FN3O5.